The fourth-order valence-electron chi connectivity index (χ4n) is 1.50. The summed E-state index contributed by atoms with van der Waals surface area (Å²) in [7, 11) is -1.82. The van der Waals surface area contributed by atoms with Crippen molar-refractivity contribution in [3.63, 3.8) is 0 Å². The van der Waals surface area contributed by atoms with E-state index in [0.29, 0.717) is 18.7 Å². The molecule has 2 N–H and O–H groups in total. The summed E-state index contributed by atoms with van der Waals surface area (Å²) >= 11 is 0. The molecule has 0 aliphatic rings. The van der Waals surface area contributed by atoms with E-state index in [0.717, 1.165) is 6.07 Å². The Morgan fingerprint density at radius 2 is 2.00 bits per heavy atom. The second-order valence-electron chi connectivity index (χ2n) is 4.43. The fraction of sp³-hybridized carbons (Fsp3) is 0.500. The lowest BCUT2D eigenvalue weighted by Gasteiger charge is -2.12. The van der Waals surface area contributed by atoms with Crippen LogP contribution in [0.2, 0.25) is 0 Å². The first kappa shape index (κ1) is 15.1. The maximum absolute atomic E-state index is 13.3. The topological polar surface area (TPSA) is 58.2 Å². The van der Waals surface area contributed by atoms with Crippen LogP contribution in [-0.2, 0) is 10.0 Å². The molecule has 6 heteroatoms. The van der Waals surface area contributed by atoms with Gasteiger partial charge in [0, 0.05) is 6.54 Å². The first-order chi connectivity index (χ1) is 8.36. The van der Waals surface area contributed by atoms with Gasteiger partial charge in [-0.05, 0) is 44.1 Å². The van der Waals surface area contributed by atoms with Crippen molar-refractivity contribution in [2.45, 2.75) is 18.7 Å². The average Bonchev–Trinajstić information content (AvgIpc) is 2.30. The standard InChI is InChI=1S/C12H19FN2O2S/c1-9(7-14-3)8-15-18(16,17)11-5-4-10(2)12(13)6-11/h4-6,9,14-15H,7-8H2,1-3H3. The lowest BCUT2D eigenvalue weighted by atomic mass is 10.2. The molecule has 1 atom stereocenters. The van der Waals surface area contributed by atoms with Gasteiger partial charge in [0.1, 0.15) is 5.82 Å². The van der Waals surface area contributed by atoms with Crippen molar-refractivity contribution in [2.24, 2.45) is 5.92 Å². The number of hydrogen-bond donors (Lipinski definition) is 2. The van der Waals surface area contributed by atoms with E-state index < -0.39 is 15.8 Å². The van der Waals surface area contributed by atoms with Crippen LogP contribution in [0, 0.1) is 18.7 Å². The minimum atomic E-state index is -3.63. The average molecular weight is 274 g/mol. The maximum atomic E-state index is 13.3. The molecule has 0 saturated carbocycles. The first-order valence-electron chi connectivity index (χ1n) is 5.77. The zero-order valence-corrected chi connectivity index (χ0v) is 11.6. The Hall–Kier alpha value is -0.980. The van der Waals surface area contributed by atoms with E-state index in [1.165, 1.54) is 12.1 Å². The number of hydrogen-bond acceptors (Lipinski definition) is 3. The number of sulfonamides is 1. The Balaban J connectivity index is 2.77. The van der Waals surface area contributed by atoms with Gasteiger partial charge in [-0.1, -0.05) is 13.0 Å². The first-order valence-corrected chi connectivity index (χ1v) is 7.25. The highest BCUT2D eigenvalue weighted by Crippen LogP contribution is 2.14. The van der Waals surface area contributed by atoms with E-state index in [9.17, 15) is 12.8 Å². The molecule has 0 amide bonds. The normalized spacial score (nSPS) is 13.6. The van der Waals surface area contributed by atoms with E-state index in [2.05, 4.69) is 10.0 Å². The Kier molecular flexibility index (Phi) is 5.25. The SMILES string of the molecule is CNCC(C)CNS(=O)(=O)c1ccc(C)c(F)c1. The van der Waals surface area contributed by atoms with Crippen molar-refractivity contribution < 1.29 is 12.8 Å². The molecule has 0 bridgehead atoms. The molecular weight excluding hydrogens is 255 g/mol. The number of nitrogens with one attached hydrogen (secondary N) is 2. The highest BCUT2D eigenvalue weighted by Gasteiger charge is 2.16. The Morgan fingerprint density at radius 1 is 1.33 bits per heavy atom. The van der Waals surface area contributed by atoms with Crippen LogP contribution < -0.4 is 10.0 Å². The van der Waals surface area contributed by atoms with Crippen LogP contribution in [0.1, 0.15) is 12.5 Å². The molecule has 0 saturated heterocycles. The Morgan fingerprint density at radius 3 is 2.56 bits per heavy atom. The third kappa shape index (κ3) is 4.04. The summed E-state index contributed by atoms with van der Waals surface area (Å²) in [5, 5.41) is 2.97. The van der Waals surface area contributed by atoms with Crippen molar-refractivity contribution in [3.8, 4) is 0 Å². The van der Waals surface area contributed by atoms with Gasteiger partial charge in [-0.2, -0.15) is 0 Å². The molecule has 0 spiro atoms. The van der Waals surface area contributed by atoms with Crippen LogP contribution in [0.15, 0.2) is 23.1 Å². The minimum absolute atomic E-state index is 0.0396. The second-order valence-corrected chi connectivity index (χ2v) is 6.19. The molecule has 1 rings (SSSR count). The van der Waals surface area contributed by atoms with E-state index in [1.807, 2.05) is 6.92 Å². The highest BCUT2D eigenvalue weighted by atomic mass is 32.2. The molecular formula is C12H19FN2O2S. The molecule has 1 aromatic carbocycles. The largest absolute Gasteiger partial charge is 0.319 e. The number of rotatable bonds is 6. The highest BCUT2D eigenvalue weighted by molar-refractivity contribution is 7.89. The summed E-state index contributed by atoms with van der Waals surface area (Å²) in [6.07, 6.45) is 0. The van der Waals surface area contributed by atoms with E-state index in [4.69, 9.17) is 0 Å². The van der Waals surface area contributed by atoms with Gasteiger partial charge in [-0.15, -0.1) is 0 Å². The third-order valence-electron chi connectivity index (χ3n) is 2.63. The second kappa shape index (κ2) is 6.26. The summed E-state index contributed by atoms with van der Waals surface area (Å²) < 4.78 is 39.6. The van der Waals surface area contributed by atoms with Gasteiger partial charge in [0.25, 0.3) is 0 Å². The summed E-state index contributed by atoms with van der Waals surface area (Å²) in [6, 6.07) is 3.91. The van der Waals surface area contributed by atoms with Gasteiger partial charge < -0.3 is 5.32 Å². The van der Waals surface area contributed by atoms with Crippen LogP contribution in [0.5, 0.6) is 0 Å². The third-order valence-corrected chi connectivity index (χ3v) is 4.05. The van der Waals surface area contributed by atoms with Crippen molar-refractivity contribution in [1.82, 2.24) is 10.0 Å². The van der Waals surface area contributed by atoms with Crippen molar-refractivity contribution in [1.29, 1.82) is 0 Å². The Bertz CT molecular complexity index is 503. The molecule has 0 aliphatic carbocycles. The van der Waals surface area contributed by atoms with Crippen molar-refractivity contribution in [3.05, 3.63) is 29.6 Å². The minimum Gasteiger partial charge on any atom is -0.319 e. The fourth-order valence-corrected chi connectivity index (χ4v) is 2.67. The Labute approximate surface area is 108 Å². The quantitative estimate of drug-likeness (QED) is 0.821. The molecule has 1 aromatic rings. The van der Waals surface area contributed by atoms with Crippen LogP contribution >= 0.6 is 0 Å². The molecule has 18 heavy (non-hydrogen) atoms. The summed E-state index contributed by atoms with van der Waals surface area (Å²) in [5.74, 6) is -0.346. The van der Waals surface area contributed by atoms with Crippen LogP contribution in [-0.4, -0.2) is 28.6 Å². The number of benzene rings is 1. The smallest absolute Gasteiger partial charge is 0.240 e. The molecule has 0 fully saturated rings. The molecule has 0 heterocycles. The lowest BCUT2D eigenvalue weighted by Crippen LogP contribution is -2.32. The summed E-state index contributed by atoms with van der Waals surface area (Å²) in [4.78, 5) is -0.0396. The summed E-state index contributed by atoms with van der Waals surface area (Å²) in [6.45, 7) is 4.55. The zero-order chi connectivity index (χ0) is 13.8. The van der Waals surface area contributed by atoms with Gasteiger partial charge in [0.15, 0.2) is 0 Å². The van der Waals surface area contributed by atoms with Gasteiger partial charge in [0.05, 0.1) is 4.90 Å². The molecule has 1 unspecified atom stereocenters. The molecule has 102 valence electrons. The zero-order valence-electron chi connectivity index (χ0n) is 10.8. The van der Waals surface area contributed by atoms with Gasteiger partial charge in [0.2, 0.25) is 10.0 Å². The van der Waals surface area contributed by atoms with Gasteiger partial charge in [-0.25, -0.2) is 17.5 Å². The van der Waals surface area contributed by atoms with Crippen LogP contribution in [0.3, 0.4) is 0 Å². The van der Waals surface area contributed by atoms with Gasteiger partial charge in [-0.3, -0.25) is 0 Å². The van der Waals surface area contributed by atoms with E-state index >= 15 is 0 Å². The van der Waals surface area contributed by atoms with Gasteiger partial charge >= 0.3 is 0 Å². The summed E-state index contributed by atoms with van der Waals surface area (Å²) in [5.41, 5.74) is 0.428. The van der Waals surface area contributed by atoms with Crippen LogP contribution in [0.25, 0.3) is 0 Å². The number of halogens is 1. The number of aryl methyl sites for hydroxylation is 1. The lowest BCUT2D eigenvalue weighted by molar-refractivity contribution is 0.518. The molecule has 0 radical (unpaired) electrons. The maximum Gasteiger partial charge on any atom is 0.240 e. The predicted octanol–water partition coefficient (Wildman–Crippen LogP) is 1.27. The predicted molar refractivity (Wildman–Crippen MR) is 69.4 cm³/mol. The van der Waals surface area contributed by atoms with E-state index in [-0.39, 0.29) is 10.8 Å². The molecule has 0 aliphatic heterocycles. The molecule has 4 nitrogen and oxygen atoms in total. The van der Waals surface area contributed by atoms with Crippen molar-refractivity contribution >= 4 is 10.0 Å². The monoisotopic (exact) mass is 274 g/mol. The van der Waals surface area contributed by atoms with Crippen LogP contribution in [0.4, 0.5) is 4.39 Å². The molecule has 0 aromatic heterocycles. The van der Waals surface area contributed by atoms with E-state index in [1.54, 1.807) is 14.0 Å². The van der Waals surface area contributed by atoms with Crippen molar-refractivity contribution in [2.75, 3.05) is 20.1 Å².